The van der Waals surface area contributed by atoms with Gasteiger partial charge in [-0.1, -0.05) is 11.6 Å². The molecule has 2 aromatic carbocycles. The average Bonchev–Trinajstić information content (AvgIpc) is 2.54. The average molecular weight is 326 g/mol. The Labute approximate surface area is 139 Å². The van der Waals surface area contributed by atoms with E-state index in [1.807, 2.05) is 50.2 Å². The van der Waals surface area contributed by atoms with Crippen LogP contribution in [0.15, 0.2) is 53.6 Å². The number of aryl methyl sites for hydroxylation is 1. The zero-order valence-corrected chi connectivity index (χ0v) is 13.6. The minimum Gasteiger partial charge on any atom is -0.508 e. The second-order valence-corrected chi connectivity index (χ2v) is 5.78. The molecule has 5 heteroatoms. The molecular formula is C18H16ClN3O. The number of hydrazone groups is 1. The molecule has 2 N–H and O–H groups in total. The summed E-state index contributed by atoms with van der Waals surface area (Å²) in [6, 6.07) is 14.5. The fourth-order valence-electron chi connectivity index (χ4n) is 2.33. The van der Waals surface area contributed by atoms with Crippen LogP contribution in [0.3, 0.4) is 0 Å². The number of nitrogens with zero attached hydrogens (tertiary/aromatic N) is 2. The number of pyridine rings is 1. The number of hydrogen-bond acceptors (Lipinski definition) is 4. The topological polar surface area (TPSA) is 57.5 Å². The fourth-order valence-corrected chi connectivity index (χ4v) is 2.50. The molecule has 0 saturated heterocycles. The first kappa shape index (κ1) is 15.3. The summed E-state index contributed by atoms with van der Waals surface area (Å²) in [5.74, 6) is 0.912. The van der Waals surface area contributed by atoms with Crippen LogP contribution < -0.4 is 5.43 Å². The third-order valence-corrected chi connectivity index (χ3v) is 3.84. The number of phenolic OH excluding ortho intramolecular Hbond substituents is 1. The number of phenols is 1. The summed E-state index contributed by atoms with van der Waals surface area (Å²) in [6.07, 6.45) is 0. The van der Waals surface area contributed by atoms with Crippen LogP contribution in [-0.4, -0.2) is 15.8 Å². The second-order valence-electron chi connectivity index (χ2n) is 5.34. The molecule has 0 saturated carbocycles. The van der Waals surface area contributed by atoms with E-state index in [9.17, 15) is 5.11 Å². The van der Waals surface area contributed by atoms with Crippen molar-refractivity contribution in [1.82, 2.24) is 4.98 Å². The van der Waals surface area contributed by atoms with Crippen molar-refractivity contribution >= 4 is 34.0 Å². The monoisotopic (exact) mass is 325 g/mol. The minimum absolute atomic E-state index is 0.236. The largest absolute Gasteiger partial charge is 0.508 e. The maximum absolute atomic E-state index is 9.32. The summed E-state index contributed by atoms with van der Waals surface area (Å²) < 4.78 is 0. The molecule has 0 atom stereocenters. The highest BCUT2D eigenvalue weighted by Gasteiger charge is 2.04. The predicted molar refractivity (Wildman–Crippen MR) is 95.4 cm³/mol. The van der Waals surface area contributed by atoms with Crippen molar-refractivity contribution in [3.8, 4) is 5.75 Å². The molecule has 0 fully saturated rings. The van der Waals surface area contributed by atoms with Gasteiger partial charge < -0.3 is 5.11 Å². The second kappa shape index (κ2) is 6.26. The van der Waals surface area contributed by atoms with Gasteiger partial charge in [-0.3, -0.25) is 5.43 Å². The van der Waals surface area contributed by atoms with Gasteiger partial charge in [-0.25, -0.2) is 4.98 Å². The molecule has 23 heavy (non-hydrogen) atoms. The zero-order valence-electron chi connectivity index (χ0n) is 12.8. The Hall–Kier alpha value is -2.59. The van der Waals surface area contributed by atoms with Gasteiger partial charge in [-0.15, -0.1) is 0 Å². The Morgan fingerprint density at radius 2 is 1.87 bits per heavy atom. The first-order valence-corrected chi connectivity index (χ1v) is 7.57. The highest BCUT2D eigenvalue weighted by Crippen LogP contribution is 2.23. The van der Waals surface area contributed by atoms with E-state index in [4.69, 9.17) is 11.6 Å². The van der Waals surface area contributed by atoms with Crippen LogP contribution in [0.4, 0.5) is 5.82 Å². The van der Waals surface area contributed by atoms with Crippen LogP contribution >= 0.6 is 11.6 Å². The summed E-state index contributed by atoms with van der Waals surface area (Å²) in [4.78, 5) is 4.54. The van der Waals surface area contributed by atoms with Crippen LogP contribution in [0.2, 0.25) is 5.02 Å². The molecule has 0 aliphatic rings. The van der Waals surface area contributed by atoms with Crippen LogP contribution in [0.1, 0.15) is 18.1 Å². The molecule has 3 rings (SSSR count). The summed E-state index contributed by atoms with van der Waals surface area (Å²) in [5.41, 5.74) is 6.67. The van der Waals surface area contributed by atoms with Crippen molar-refractivity contribution in [2.45, 2.75) is 13.8 Å². The van der Waals surface area contributed by atoms with Gasteiger partial charge in [0.05, 0.1) is 11.2 Å². The van der Waals surface area contributed by atoms with E-state index in [1.54, 1.807) is 12.1 Å². The number of benzene rings is 2. The number of nitrogens with one attached hydrogen (secondary N) is 1. The lowest BCUT2D eigenvalue weighted by Gasteiger charge is -2.07. The number of hydrogen-bond donors (Lipinski definition) is 2. The Bertz CT molecular complexity index is 889. The lowest BCUT2D eigenvalue weighted by molar-refractivity contribution is 0.475. The molecule has 0 radical (unpaired) electrons. The predicted octanol–water partition coefficient (Wildman–Crippen LogP) is 4.74. The Balaban J connectivity index is 1.88. The fraction of sp³-hybridized carbons (Fsp3) is 0.111. The number of fused-ring (bicyclic) bond motifs is 1. The van der Waals surface area contributed by atoms with Crippen molar-refractivity contribution in [1.29, 1.82) is 0 Å². The highest BCUT2D eigenvalue weighted by molar-refractivity contribution is 6.31. The molecule has 1 heterocycles. The molecule has 0 unspecified atom stereocenters. The van der Waals surface area contributed by atoms with Crippen molar-refractivity contribution in [3.63, 3.8) is 0 Å². The first-order valence-electron chi connectivity index (χ1n) is 7.19. The third kappa shape index (κ3) is 3.43. The summed E-state index contributed by atoms with van der Waals surface area (Å²) in [7, 11) is 0. The molecule has 3 aromatic rings. The van der Waals surface area contributed by atoms with E-state index >= 15 is 0 Å². The van der Waals surface area contributed by atoms with Crippen molar-refractivity contribution < 1.29 is 5.11 Å². The SMILES string of the molecule is C/C(=N/Nc1cc(C)c2cc(Cl)ccc2n1)c1ccc(O)cc1. The molecule has 0 bridgehead atoms. The van der Waals surface area contributed by atoms with Crippen molar-refractivity contribution in [2.75, 3.05) is 5.43 Å². The lowest BCUT2D eigenvalue weighted by atomic mass is 10.1. The maximum Gasteiger partial charge on any atom is 0.147 e. The smallest absolute Gasteiger partial charge is 0.147 e. The number of aromatic nitrogens is 1. The minimum atomic E-state index is 0.236. The lowest BCUT2D eigenvalue weighted by Crippen LogP contribution is -2.01. The molecule has 0 spiro atoms. The van der Waals surface area contributed by atoms with E-state index in [0.29, 0.717) is 10.8 Å². The molecule has 4 nitrogen and oxygen atoms in total. The summed E-state index contributed by atoms with van der Waals surface area (Å²) >= 11 is 6.03. The van der Waals surface area contributed by atoms with Crippen LogP contribution in [0.25, 0.3) is 10.9 Å². The first-order chi connectivity index (χ1) is 11.0. The van der Waals surface area contributed by atoms with E-state index < -0.39 is 0 Å². The van der Waals surface area contributed by atoms with E-state index in [0.717, 1.165) is 27.7 Å². The molecule has 0 amide bonds. The van der Waals surface area contributed by atoms with Gasteiger partial charge in [0, 0.05) is 10.4 Å². The van der Waals surface area contributed by atoms with Crippen LogP contribution in [-0.2, 0) is 0 Å². The van der Waals surface area contributed by atoms with Crippen molar-refractivity contribution in [2.24, 2.45) is 5.10 Å². The van der Waals surface area contributed by atoms with Gasteiger partial charge in [0.2, 0.25) is 0 Å². The number of halogens is 1. The molecule has 0 aliphatic carbocycles. The highest BCUT2D eigenvalue weighted by atomic mass is 35.5. The third-order valence-electron chi connectivity index (χ3n) is 3.60. The van der Waals surface area contributed by atoms with Crippen LogP contribution in [0.5, 0.6) is 5.75 Å². The van der Waals surface area contributed by atoms with Gasteiger partial charge in [0.15, 0.2) is 0 Å². The van der Waals surface area contributed by atoms with Gasteiger partial charge in [0.1, 0.15) is 11.6 Å². The number of anilines is 1. The zero-order chi connectivity index (χ0) is 16.4. The van der Waals surface area contributed by atoms with Gasteiger partial charge in [-0.2, -0.15) is 5.10 Å². The van der Waals surface area contributed by atoms with Crippen LogP contribution in [0, 0.1) is 6.92 Å². The maximum atomic E-state index is 9.32. The van der Waals surface area contributed by atoms with Gasteiger partial charge in [-0.05, 0) is 73.5 Å². The molecular weight excluding hydrogens is 310 g/mol. The van der Waals surface area contributed by atoms with Crippen molar-refractivity contribution in [3.05, 3.63) is 64.7 Å². The normalized spacial score (nSPS) is 11.7. The molecule has 116 valence electrons. The number of rotatable bonds is 3. The quantitative estimate of drug-likeness (QED) is 0.540. The standard InChI is InChI=1S/C18H16ClN3O/c1-11-9-18(20-17-8-5-14(19)10-16(11)17)22-21-12(2)13-3-6-15(23)7-4-13/h3-10,23H,1-2H3,(H,20,22)/b21-12-. The summed E-state index contributed by atoms with van der Waals surface area (Å²) in [6.45, 7) is 3.91. The number of aromatic hydroxyl groups is 1. The Morgan fingerprint density at radius 1 is 1.13 bits per heavy atom. The summed E-state index contributed by atoms with van der Waals surface area (Å²) in [5, 5.41) is 15.4. The van der Waals surface area contributed by atoms with Gasteiger partial charge in [0.25, 0.3) is 0 Å². The van der Waals surface area contributed by atoms with E-state index in [1.165, 1.54) is 0 Å². The Morgan fingerprint density at radius 3 is 2.61 bits per heavy atom. The van der Waals surface area contributed by atoms with Gasteiger partial charge >= 0.3 is 0 Å². The van der Waals surface area contributed by atoms with E-state index in [2.05, 4.69) is 15.5 Å². The Kier molecular flexibility index (Phi) is 4.17. The molecule has 0 aliphatic heterocycles. The molecule has 1 aromatic heterocycles. The van der Waals surface area contributed by atoms with E-state index in [-0.39, 0.29) is 5.75 Å².